The van der Waals surface area contributed by atoms with Crippen molar-refractivity contribution < 1.29 is 48.0 Å². The van der Waals surface area contributed by atoms with Gasteiger partial charge in [-0.15, -0.1) is 0 Å². The number of aliphatic hydroxyl groups is 2. The van der Waals surface area contributed by atoms with Gasteiger partial charge in [0, 0.05) is 10.4 Å². The quantitative estimate of drug-likeness (QED) is 0.0863. The van der Waals surface area contributed by atoms with Crippen molar-refractivity contribution >= 4 is 52.9 Å². The molecule has 0 aromatic carbocycles. The Morgan fingerprint density at radius 2 is 1.09 bits per heavy atom. The summed E-state index contributed by atoms with van der Waals surface area (Å²) in [4.78, 5) is 23.8. The first-order valence-electron chi connectivity index (χ1n) is 10.5. The number of aliphatic hydroxyl groups excluding tert-OH is 2. The molecule has 12 N–H and O–H groups in total. The predicted octanol–water partition coefficient (Wildman–Crippen LogP) is -5.12. The molecule has 14 nitrogen and oxygen atoms in total. The van der Waals surface area contributed by atoms with Crippen LogP contribution >= 0.6 is 21.0 Å². The molecule has 2 heterocycles. The van der Waals surface area contributed by atoms with Crippen molar-refractivity contribution in [3.8, 4) is 0 Å². The number of nitrogens with two attached hydrogens (primary N) is 4. The van der Waals surface area contributed by atoms with Gasteiger partial charge in [-0.1, -0.05) is 21.0 Å². The zero-order valence-corrected chi connectivity index (χ0v) is 23.3. The van der Waals surface area contributed by atoms with Gasteiger partial charge in [0.25, 0.3) is 11.8 Å². The molecular formula is C18H40N6O8S3. The van der Waals surface area contributed by atoms with Crippen molar-refractivity contribution in [3.63, 3.8) is 0 Å². The van der Waals surface area contributed by atoms with Gasteiger partial charge in [-0.2, -0.15) is 0 Å². The summed E-state index contributed by atoms with van der Waals surface area (Å²) in [6, 6.07) is 0. The normalized spacial score (nSPS) is 24.8. The molecule has 35 heavy (non-hydrogen) atoms. The van der Waals surface area contributed by atoms with Crippen LogP contribution in [0.15, 0.2) is 0 Å². The number of carbonyl (C=O) groups is 2. The number of amides is 2. The average molecular weight is 565 g/mol. The molecule has 0 saturated carbocycles. The summed E-state index contributed by atoms with van der Waals surface area (Å²) in [6.45, 7) is 12.2. The third kappa shape index (κ3) is 14.4. The summed E-state index contributed by atoms with van der Waals surface area (Å²) in [5.74, 6) is 1.10. The van der Waals surface area contributed by atoms with Gasteiger partial charge in [0.2, 0.25) is 0 Å². The van der Waals surface area contributed by atoms with Gasteiger partial charge in [0.15, 0.2) is 0 Å². The molecule has 0 bridgehead atoms. The number of hydrogen-bond donors (Lipinski definition) is 8. The van der Waals surface area contributed by atoms with E-state index in [-0.39, 0.29) is 68.1 Å². The average Bonchev–Trinajstić information content (AvgIpc) is 3.08. The van der Waals surface area contributed by atoms with Gasteiger partial charge in [-0.3, -0.25) is 18.0 Å². The fourth-order valence-corrected chi connectivity index (χ4v) is 6.72. The maximum atomic E-state index is 11.4. The molecule has 2 aliphatic rings. The van der Waals surface area contributed by atoms with Crippen LogP contribution in [0.2, 0.25) is 0 Å². The van der Waals surface area contributed by atoms with Crippen LogP contribution < -0.4 is 32.7 Å². The van der Waals surface area contributed by atoms with E-state index in [0.29, 0.717) is 9.73 Å². The number of nitrogens with one attached hydrogen (secondary N) is 2. The molecule has 2 rings (SSSR count). The first kappa shape index (κ1) is 34.0. The Morgan fingerprint density at radius 1 is 0.829 bits per heavy atom. The van der Waals surface area contributed by atoms with E-state index in [4.69, 9.17) is 39.2 Å². The minimum atomic E-state index is -5.17. The summed E-state index contributed by atoms with van der Waals surface area (Å²) in [7, 11) is -5.88. The van der Waals surface area contributed by atoms with Crippen LogP contribution in [0.25, 0.3) is 0 Å². The standard InChI is InChI=1S/2C9H19N3O2S.H2O4S/c2*1-9(2,3)11-5-15-6(4-13)7(14)12-8(15)10;1-5(2,3)4/h2*8,11,13H,4-5,10H2,1-3H3,(H,12,14);(H2,1,2,3,4). The molecule has 0 radical (unpaired) electrons. The van der Waals surface area contributed by atoms with E-state index in [1.807, 2.05) is 0 Å². The lowest BCUT2D eigenvalue weighted by molar-refractivity contribution is -0.701. The van der Waals surface area contributed by atoms with E-state index in [0.717, 1.165) is 11.8 Å². The van der Waals surface area contributed by atoms with Crippen LogP contribution in [0.3, 0.4) is 0 Å². The second-order valence-electron chi connectivity index (χ2n) is 9.69. The highest BCUT2D eigenvalue weighted by Gasteiger charge is 2.30. The first-order chi connectivity index (χ1) is 15.7. The monoisotopic (exact) mass is 564 g/mol. The maximum Gasteiger partial charge on any atom is 0.257 e. The first-order valence-corrected chi connectivity index (χ1v) is 14.8. The highest BCUT2D eigenvalue weighted by Crippen LogP contribution is 2.21. The summed E-state index contributed by atoms with van der Waals surface area (Å²) >= 11 is 0. The van der Waals surface area contributed by atoms with E-state index in [9.17, 15) is 9.59 Å². The lowest BCUT2D eigenvalue weighted by Gasteiger charge is -2.19. The van der Waals surface area contributed by atoms with Crippen LogP contribution in [0.4, 0.5) is 0 Å². The molecule has 0 aliphatic carbocycles. The Bertz CT molecular complexity index is 858. The van der Waals surface area contributed by atoms with Crippen LogP contribution in [0.5, 0.6) is 0 Å². The van der Waals surface area contributed by atoms with Crippen LogP contribution in [0, 0.1) is 0 Å². The highest BCUT2D eigenvalue weighted by atomic mass is 32.3. The number of rotatable bonds is 6. The Morgan fingerprint density at radius 3 is 1.29 bits per heavy atom. The molecule has 0 spiro atoms. The van der Waals surface area contributed by atoms with Crippen molar-refractivity contribution in [1.82, 2.24) is 10.6 Å². The second-order valence-corrected chi connectivity index (χ2v) is 14.9. The minimum Gasteiger partial charge on any atom is -0.759 e. The largest absolute Gasteiger partial charge is 0.759 e. The highest BCUT2D eigenvalue weighted by molar-refractivity contribution is 8.18. The molecule has 4 unspecified atom stereocenters. The van der Waals surface area contributed by atoms with Gasteiger partial charge in [0.1, 0.15) is 22.7 Å². The molecule has 0 fully saturated rings. The molecule has 208 valence electrons. The molecule has 0 aromatic heterocycles. The zero-order chi connectivity index (χ0) is 27.8. The van der Waals surface area contributed by atoms with Gasteiger partial charge >= 0.3 is 0 Å². The summed E-state index contributed by atoms with van der Waals surface area (Å²) in [5, 5.41) is 27.8. The fourth-order valence-electron chi connectivity index (χ4n) is 2.50. The van der Waals surface area contributed by atoms with Crippen LogP contribution in [0.1, 0.15) is 41.5 Å². The summed E-state index contributed by atoms with van der Waals surface area (Å²) in [5.41, 5.74) is 11.1. The Labute approximate surface area is 211 Å². The van der Waals surface area contributed by atoms with Crippen molar-refractivity contribution in [2.24, 2.45) is 11.5 Å². The Kier molecular flexibility index (Phi) is 13.7. The Balaban J connectivity index is 0.000000555. The van der Waals surface area contributed by atoms with Gasteiger partial charge < -0.3 is 52.1 Å². The van der Waals surface area contributed by atoms with Crippen molar-refractivity contribution in [2.75, 3.05) is 25.0 Å². The third-order valence-corrected chi connectivity index (χ3v) is 8.75. The molecule has 4 atom stereocenters. The topological polar surface area (TPSA) is 264 Å². The van der Waals surface area contributed by atoms with Gasteiger partial charge in [-0.25, -0.2) is 0 Å². The van der Waals surface area contributed by atoms with E-state index in [1.165, 1.54) is 0 Å². The zero-order valence-electron chi connectivity index (χ0n) is 20.9. The number of hydrogen-bond acceptors (Lipinski definition) is 10. The molecular weight excluding hydrogens is 524 g/mol. The van der Waals surface area contributed by atoms with Crippen LogP contribution in [-0.4, -0.2) is 96.3 Å². The van der Waals surface area contributed by atoms with Crippen molar-refractivity contribution in [3.05, 3.63) is 0 Å². The lowest BCUT2D eigenvalue weighted by atomic mass is 10.1. The maximum absolute atomic E-state index is 11.4. The smallest absolute Gasteiger partial charge is 0.257 e. The lowest BCUT2D eigenvalue weighted by Crippen LogP contribution is -2.94. The molecule has 0 saturated heterocycles. The third-order valence-electron chi connectivity index (χ3n) is 4.34. The van der Waals surface area contributed by atoms with Crippen LogP contribution in [-0.2, 0) is 20.0 Å². The predicted molar refractivity (Wildman–Crippen MR) is 135 cm³/mol. The molecule has 17 heteroatoms. The molecule has 2 aliphatic heterocycles. The van der Waals surface area contributed by atoms with E-state index in [2.05, 4.69) is 62.8 Å². The van der Waals surface area contributed by atoms with E-state index < -0.39 is 10.4 Å². The summed E-state index contributed by atoms with van der Waals surface area (Å²) in [6.07, 6.45) is 0. The van der Waals surface area contributed by atoms with Gasteiger partial charge in [0.05, 0.1) is 34.0 Å². The molecule has 0 aromatic rings. The van der Waals surface area contributed by atoms with E-state index >= 15 is 0 Å². The van der Waals surface area contributed by atoms with Crippen molar-refractivity contribution in [1.29, 1.82) is 0 Å². The molecule has 2 amide bonds. The number of quaternary nitrogens is 2. The fraction of sp³-hybridized carbons (Fsp3) is 0.778. The second kappa shape index (κ2) is 14.1. The minimum absolute atomic E-state index is 0.110. The van der Waals surface area contributed by atoms with E-state index in [1.54, 1.807) is 0 Å². The summed E-state index contributed by atoms with van der Waals surface area (Å²) < 4.78 is 34.1. The number of carbonyl (C=O) groups excluding carboxylic acids is 2. The van der Waals surface area contributed by atoms with Gasteiger partial charge in [-0.05, 0) is 41.5 Å². The Hall–Kier alpha value is -0.990. The SMILES string of the molecule is CC(C)(C)[NH2+]CS1=C(CO)C(=O)NC1N.CC(C)(C)[NH2+]CS1=C(CO)C(=O)NC1N.O=S(=O)([O-])[O-]. The van der Waals surface area contributed by atoms with Crippen molar-refractivity contribution in [2.45, 2.75) is 63.6 Å².